The molecule has 22 heavy (non-hydrogen) atoms. The van der Waals surface area contributed by atoms with Gasteiger partial charge in [0, 0.05) is 0 Å². The minimum absolute atomic E-state index is 0.183. The van der Waals surface area contributed by atoms with E-state index in [0.29, 0.717) is 11.1 Å². The van der Waals surface area contributed by atoms with Crippen molar-refractivity contribution in [3.63, 3.8) is 0 Å². The lowest BCUT2D eigenvalue weighted by atomic mass is 9.63. The van der Waals surface area contributed by atoms with Crippen molar-refractivity contribution in [2.45, 2.75) is 19.3 Å². The highest BCUT2D eigenvalue weighted by Gasteiger charge is 2.48. The van der Waals surface area contributed by atoms with Gasteiger partial charge in [-0.05, 0) is 17.0 Å². The van der Waals surface area contributed by atoms with Gasteiger partial charge in [-0.2, -0.15) is 5.26 Å². The molecule has 2 aromatic rings. The van der Waals surface area contributed by atoms with Crippen LogP contribution in [0.5, 0.6) is 0 Å². The lowest BCUT2D eigenvalue weighted by molar-refractivity contribution is -0.144. The van der Waals surface area contributed by atoms with Gasteiger partial charge in [0.2, 0.25) is 0 Å². The number of carboxylic acids is 1. The van der Waals surface area contributed by atoms with Crippen LogP contribution < -0.4 is 0 Å². The van der Waals surface area contributed by atoms with Crippen molar-refractivity contribution in [3.8, 4) is 6.07 Å². The molecule has 0 aromatic heterocycles. The third kappa shape index (κ3) is 2.60. The average Bonchev–Trinajstić information content (AvgIpc) is 2.53. The standard InChI is InChI=1S/C19H19NO2/c1-14(2)17(18(21)22)19(13-20,15-9-5-3-6-10-15)16-11-7-4-8-12-16/h3-12,14,17H,1-2H3,(H,21,22). The molecule has 0 amide bonds. The second kappa shape index (κ2) is 6.44. The molecule has 0 bridgehead atoms. The van der Waals surface area contributed by atoms with Gasteiger partial charge in [0.25, 0.3) is 0 Å². The Morgan fingerprint density at radius 2 is 1.41 bits per heavy atom. The van der Waals surface area contributed by atoms with E-state index in [0.717, 1.165) is 0 Å². The predicted molar refractivity (Wildman–Crippen MR) is 85.2 cm³/mol. The molecule has 112 valence electrons. The molecule has 0 saturated heterocycles. The zero-order valence-electron chi connectivity index (χ0n) is 12.7. The van der Waals surface area contributed by atoms with Crippen molar-refractivity contribution < 1.29 is 9.90 Å². The Bertz CT molecular complexity index is 632. The topological polar surface area (TPSA) is 61.1 Å². The van der Waals surface area contributed by atoms with Gasteiger partial charge in [-0.1, -0.05) is 74.5 Å². The fourth-order valence-electron chi connectivity index (χ4n) is 3.10. The van der Waals surface area contributed by atoms with Crippen LogP contribution in [0.3, 0.4) is 0 Å². The third-order valence-corrected chi connectivity index (χ3v) is 4.03. The van der Waals surface area contributed by atoms with Crippen LogP contribution in [0.25, 0.3) is 0 Å². The van der Waals surface area contributed by atoms with E-state index in [4.69, 9.17) is 0 Å². The first-order valence-corrected chi connectivity index (χ1v) is 7.29. The summed E-state index contributed by atoms with van der Waals surface area (Å²) in [6.45, 7) is 3.69. The van der Waals surface area contributed by atoms with Crippen LogP contribution in [0.4, 0.5) is 0 Å². The first-order chi connectivity index (χ1) is 10.5. The summed E-state index contributed by atoms with van der Waals surface area (Å²) in [7, 11) is 0. The van der Waals surface area contributed by atoms with Crippen LogP contribution in [0.1, 0.15) is 25.0 Å². The van der Waals surface area contributed by atoms with Gasteiger partial charge in [0.1, 0.15) is 5.41 Å². The summed E-state index contributed by atoms with van der Waals surface area (Å²) in [5.74, 6) is -1.97. The molecule has 0 radical (unpaired) electrons. The quantitative estimate of drug-likeness (QED) is 0.910. The molecule has 0 aliphatic heterocycles. The number of carbonyl (C=O) groups is 1. The van der Waals surface area contributed by atoms with E-state index in [9.17, 15) is 15.2 Å². The normalized spacial score (nSPS) is 12.6. The van der Waals surface area contributed by atoms with Crippen molar-refractivity contribution in [1.82, 2.24) is 0 Å². The van der Waals surface area contributed by atoms with Crippen molar-refractivity contribution in [2.75, 3.05) is 0 Å². The Morgan fingerprint density at radius 3 is 1.68 bits per heavy atom. The molecule has 2 rings (SSSR count). The summed E-state index contributed by atoms with van der Waals surface area (Å²) in [6.07, 6.45) is 0. The van der Waals surface area contributed by atoms with E-state index in [1.165, 1.54) is 0 Å². The maximum atomic E-state index is 11.9. The van der Waals surface area contributed by atoms with E-state index in [1.807, 2.05) is 74.5 Å². The van der Waals surface area contributed by atoms with Crippen LogP contribution >= 0.6 is 0 Å². The summed E-state index contributed by atoms with van der Waals surface area (Å²) < 4.78 is 0. The fraction of sp³-hybridized carbons (Fsp3) is 0.263. The molecule has 0 heterocycles. The molecule has 1 atom stereocenters. The van der Waals surface area contributed by atoms with E-state index in [2.05, 4.69) is 6.07 Å². The predicted octanol–water partition coefficient (Wildman–Crippen LogP) is 3.85. The van der Waals surface area contributed by atoms with Crippen molar-refractivity contribution in [3.05, 3.63) is 71.8 Å². The Kier molecular flexibility index (Phi) is 4.62. The second-order valence-corrected chi connectivity index (χ2v) is 5.71. The van der Waals surface area contributed by atoms with Crippen LogP contribution in [0.2, 0.25) is 0 Å². The Balaban J connectivity index is 2.79. The smallest absolute Gasteiger partial charge is 0.309 e. The maximum absolute atomic E-state index is 11.9. The van der Waals surface area contributed by atoms with Crippen molar-refractivity contribution in [1.29, 1.82) is 5.26 Å². The Morgan fingerprint density at radius 1 is 1.00 bits per heavy atom. The molecular formula is C19H19NO2. The molecule has 2 aromatic carbocycles. The molecular weight excluding hydrogens is 274 g/mol. The largest absolute Gasteiger partial charge is 0.481 e. The molecule has 0 aliphatic carbocycles. The monoisotopic (exact) mass is 293 g/mol. The minimum Gasteiger partial charge on any atom is -0.481 e. The number of nitriles is 1. The molecule has 0 saturated carbocycles. The lowest BCUT2D eigenvalue weighted by Gasteiger charge is -2.35. The highest BCUT2D eigenvalue weighted by Crippen LogP contribution is 2.42. The maximum Gasteiger partial charge on any atom is 0.309 e. The van der Waals surface area contributed by atoms with Gasteiger partial charge in [0.15, 0.2) is 0 Å². The number of nitrogens with zero attached hydrogens (tertiary/aromatic N) is 1. The van der Waals surface area contributed by atoms with Crippen LogP contribution in [-0.2, 0) is 10.2 Å². The van der Waals surface area contributed by atoms with E-state index in [1.54, 1.807) is 0 Å². The number of aliphatic carboxylic acids is 1. The SMILES string of the molecule is CC(C)C(C(=O)O)C(C#N)(c1ccccc1)c1ccccc1. The first-order valence-electron chi connectivity index (χ1n) is 7.29. The molecule has 0 aliphatic rings. The summed E-state index contributed by atoms with van der Waals surface area (Å²) in [5.41, 5.74) is 0.220. The Labute approximate surface area is 130 Å². The highest BCUT2D eigenvalue weighted by atomic mass is 16.4. The van der Waals surface area contributed by atoms with Gasteiger partial charge < -0.3 is 5.11 Å². The molecule has 3 nitrogen and oxygen atoms in total. The average molecular weight is 293 g/mol. The van der Waals surface area contributed by atoms with Crippen LogP contribution in [0, 0.1) is 23.2 Å². The molecule has 0 spiro atoms. The highest BCUT2D eigenvalue weighted by molar-refractivity contribution is 5.76. The second-order valence-electron chi connectivity index (χ2n) is 5.71. The fourth-order valence-corrected chi connectivity index (χ4v) is 3.10. The van der Waals surface area contributed by atoms with Gasteiger partial charge in [0.05, 0.1) is 12.0 Å². The number of hydrogen-bond acceptors (Lipinski definition) is 2. The summed E-state index contributed by atoms with van der Waals surface area (Å²) in [5, 5.41) is 19.8. The summed E-state index contributed by atoms with van der Waals surface area (Å²) >= 11 is 0. The first kappa shape index (κ1) is 15.8. The summed E-state index contributed by atoms with van der Waals surface area (Å²) in [4.78, 5) is 11.9. The zero-order valence-corrected chi connectivity index (χ0v) is 12.7. The van der Waals surface area contributed by atoms with Crippen molar-refractivity contribution in [2.24, 2.45) is 11.8 Å². The van der Waals surface area contributed by atoms with E-state index < -0.39 is 17.3 Å². The van der Waals surface area contributed by atoms with Gasteiger partial charge in [-0.25, -0.2) is 0 Å². The van der Waals surface area contributed by atoms with E-state index >= 15 is 0 Å². The van der Waals surface area contributed by atoms with Crippen LogP contribution in [0.15, 0.2) is 60.7 Å². The van der Waals surface area contributed by atoms with Crippen molar-refractivity contribution >= 4 is 5.97 Å². The molecule has 1 unspecified atom stereocenters. The summed E-state index contributed by atoms with van der Waals surface area (Å²) in [6, 6.07) is 20.7. The Hall–Kier alpha value is -2.60. The number of carboxylic acid groups (broad SMARTS) is 1. The zero-order chi connectivity index (χ0) is 16.2. The lowest BCUT2D eigenvalue weighted by Crippen LogP contribution is -2.43. The van der Waals surface area contributed by atoms with E-state index in [-0.39, 0.29) is 5.92 Å². The molecule has 3 heteroatoms. The third-order valence-electron chi connectivity index (χ3n) is 4.03. The number of hydrogen-bond donors (Lipinski definition) is 1. The van der Waals surface area contributed by atoms with Crippen LogP contribution in [-0.4, -0.2) is 11.1 Å². The van der Waals surface area contributed by atoms with Gasteiger partial charge in [-0.15, -0.1) is 0 Å². The van der Waals surface area contributed by atoms with Gasteiger partial charge >= 0.3 is 5.97 Å². The van der Waals surface area contributed by atoms with Gasteiger partial charge in [-0.3, -0.25) is 4.79 Å². The molecule has 0 fully saturated rings. The number of benzene rings is 2. The molecule has 1 N–H and O–H groups in total. The number of rotatable bonds is 5. The minimum atomic E-state index is -1.21.